The molecule has 1 N–H and O–H groups in total. The molecule has 0 atom stereocenters. The first-order chi connectivity index (χ1) is 7.45. The molecule has 0 bridgehead atoms. The van der Waals surface area contributed by atoms with E-state index in [1.807, 2.05) is 0 Å². The van der Waals surface area contributed by atoms with E-state index >= 15 is 0 Å². The second-order valence-corrected chi connectivity index (χ2v) is 5.69. The Morgan fingerprint density at radius 1 is 1.56 bits per heavy atom. The van der Waals surface area contributed by atoms with E-state index in [2.05, 4.69) is 10.5 Å². The van der Waals surface area contributed by atoms with Gasteiger partial charge in [-0.2, -0.15) is 0 Å². The normalized spacial score (nSPS) is 12.2. The number of hydrogen-bond acceptors (Lipinski definition) is 5. The lowest BCUT2D eigenvalue weighted by Crippen LogP contribution is -2.33. The van der Waals surface area contributed by atoms with Gasteiger partial charge in [-0.05, 0) is 14.0 Å². The predicted molar refractivity (Wildman–Crippen MR) is 60.4 cm³/mol. The molecule has 0 fully saturated rings. The molecular weight excluding hydrogens is 230 g/mol. The van der Waals surface area contributed by atoms with Crippen LogP contribution in [0.15, 0.2) is 10.6 Å². The maximum atomic E-state index is 11.8. The van der Waals surface area contributed by atoms with Crippen molar-refractivity contribution in [1.82, 2.24) is 14.8 Å². The average molecular weight is 247 g/mol. The van der Waals surface area contributed by atoms with Crippen molar-refractivity contribution < 1.29 is 12.9 Å². The zero-order valence-electron chi connectivity index (χ0n) is 9.73. The SMILES string of the molecule is CNCCN(C)S(=O)(=O)Cc1cc(C)on1. The third-order valence-electron chi connectivity index (χ3n) is 2.16. The standard InChI is InChI=1S/C9H17N3O3S/c1-8-6-9(11-15-8)7-16(13,14)12(3)5-4-10-2/h6,10H,4-5,7H2,1-3H3. The quantitative estimate of drug-likeness (QED) is 0.763. The first-order valence-electron chi connectivity index (χ1n) is 4.96. The Bertz CT molecular complexity index is 427. The third-order valence-corrected chi connectivity index (χ3v) is 3.95. The lowest BCUT2D eigenvalue weighted by Gasteiger charge is -2.15. The van der Waals surface area contributed by atoms with Crippen molar-refractivity contribution in [2.45, 2.75) is 12.7 Å². The Morgan fingerprint density at radius 3 is 2.75 bits per heavy atom. The van der Waals surface area contributed by atoms with Crippen LogP contribution in [0.4, 0.5) is 0 Å². The molecular formula is C9H17N3O3S. The molecule has 7 heteroatoms. The zero-order valence-corrected chi connectivity index (χ0v) is 10.5. The molecule has 1 heterocycles. The molecule has 6 nitrogen and oxygen atoms in total. The first-order valence-corrected chi connectivity index (χ1v) is 6.57. The zero-order chi connectivity index (χ0) is 12.2. The lowest BCUT2D eigenvalue weighted by atomic mass is 10.4. The minimum atomic E-state index is -3.30. The van der Waals surface area contributed by atoms with Crippen molar-refractivity contribution >= 4 is 10.0 Å². The van der Waals surface area contributed by atoms with E-state index in [9.17, 15) is 8.42 Å². The predicted octanol–water partition coefficient (Wildman–Crippen LogP) is -0.0360. The summed E-state index contributed by atoms with van der Waals surface area (Å²) in [6, 6.07) is 1.63. The summed E-state index contributed by atoms with van der Waals surface area (Å²) in [4.78, 5) is 0. The third kappa shape index (κ3) is 3.58. The van der Waals surface area contributed by atoms with Gasteiger partial charge in [0.15, 0.2) is 0 Å². The van der Waals surface area contributed by atoms with Crippen molar-refractivity contribution in [3.05, 3.63) is 17.5 Å². The van der Waals surface area contributed by atoms with Crippen LogP contribution < -0.4 is 5.32 Å². The van der Waals surface area contributed by atoms with Gasteiger partial charge in [0.1, 0.15) is 17.2 Å². The van der Waals surface area contributed by atoms with Gasteiger partial charge in [-0.3, -0.25) is 0 Å². The minimum absolute atomic E-state index is 0.120. The maximum Gasteiger partial charge on any atom is 0.219 e. The summed E-state index contributed by atoms with van der Waals surface area (Å²) in [5.41, 5.74) is 0.439. The van der Waals surface area contributed by atoms with Gasteiger partial charge in [-0.15, -0.1) is 0 Å². The van der Waals surface area contributed by atoms with Crippen LogP contribution in [-0.2, 0) is 15.8 Å². The number of aryl methyl sites for hydroxylation is 1. The fraction of sp³-hybridized carbons (Fsp3) is 0.667. The highest BCUT2D eigenvalue weighted by Crippen LogP contribution is 2.09. The van der Waals surface area contributed by atoms with Crippen molar-refractivity contribution in [1.29, 1.82) is 0 Å². The summed E-state index contributed by atoms with van der Waals surface area (Å²) < 4.78 is 29.8. The maximum absolute atomic E-state index is 11.8. The fourth-order valence-corrected chi connectivity index (χ4v) is 2.29. The van der Waals surface area contributed by atoms with Gasteiger partial charge < -0.3 is 9.84 Å². The van der Waals surface area contributed by atoms with Crippen LogP contribution in [0, 0.1) is 6.92 Å². The molecule has 1 aromatic heterocycles. The highest BCUT2D eigenvalue weighted by molar-refractivity contribution is 7.88. The molecule has 0 aliphatic heterocycles. The van der Waals surface area contributed by atoms with Crippen LogP contribution >= 0.6 is 0 Å². The topological polar surface area (TPSA) is 75.4 Å². The molecule has 0 aromatic carbocycles. The number of nitrogens with one attached hydrogen (secondary N) is 1. The Morgan fingerprint density at radius 2 is 2.25 bits per heavy atom. The number of rotatable bonds is 6. The molecule has 0 aliphatic carbocycles. The van der Waals surface area contributed by atoms with Gasteiger partial charge in [0, 0.05) is 26.2 Å². The lowest BCUT2D eigenvalue weighted by molar-refractivity contribution is 0.391. The van der Waals surface area contributed by atoms with Crippen molar-refractivity contribution in [3.8, 4) is 0 Å². The Balaban J connectivity index is 2.64. The Hall–Kier alpha value is -0.920. The van der Waals surface area contributed by atoms with Gasteiger partial charge in [0.2, 0.25) is 10.0 Å². The molecule has 0 saturated carbocycles. The summed E-state index contributed by atoms with van der Waals surface area (Å²) in [6.45, 7) is 2.79. The molecule has 0 saturated heterocycles. The fourth-order valence-electron chi connectivity index (χ4n) is 1.19. The molecule has 1 rings (SSSR count). The summed E-state index contributed by atoms with van der Waals surface area (Å²) >= 11 is 0. The van der Waals surface area contributed by atoms with Crippen molar-refractivity contribution in [3.63, 3.8) is 0 Å². The second kappa shape index (κ2) is 5.42. The number of aromatic nitrogens is 1. The molecule has 0 spiro atoms. The monoisotopic (exact) mass is 247 g/mol. The minimum Gasteiger partial charge on any atom is -0.361 e. The van der Waals surface area contributed by atoms with Crippen LogP contribution in [0.3, 0.4) is 0 Å². The van der Waals surface area contributed by atoms with Crippen LogP contribution in [0.5, 0.6) is 0 Å². The first kappa shape index (κ1) is 13.1. The van der Waals surface area contributed by atoms with E-state index in [1.54, 1.807) is 27.1 Å². The summed E-state index contributed by atoms with van der Waals surface area (Å²) in [5, 5.41) is 6.57. The van der Waals surface area contributed by atoms with Gasteiger partial charge >= 0.3 is 0 Å². The summed E-state index contributed by atoms with van der Waals surface area (Å²) in [7, 11) is 0.0330. The van der Waals surface area contributed by atoms with Gasteiger partial charge in [0.05, 0.1) is 0 Å². The van der Waals surface area contributed by atoms with E-state index in [4.69, 9.17) is 4.52 Å². The van der Waals surface area contributed by atoms with Gasteiger partial charge in [-0.25, -0.2) is 12.7 Å². The van der Waals surface area contributed by atoms with E-state index in [0.29, 0.717) is 24.5 Å². The number of hydrogen-bond donors (Lipinski definition) is 1. The van der Waals surface area contributed by atoms with Crippen LogP contribution in [-0.4, -0.2) is 45.1 Å². The highest BCUT2D eigenvalue weighted by Gasteiger charge is 2.19. The van der Waals surface area contributed by atoms with E-state index < -0.39 is 10.0 Å². The van der Waals surface area contributed by atoms with E-state index in [0.717, 1.165) is 0 Å². The molecule has 0 unspecified atom stereocenters. The molecule has 92 valence electrons. The smallest absolute Gasteiger partial charge is 0.219 e. The molecule has 0 radical (unpaired) electrons. The summed E-state index contributed by atoms with van der Waals surface area (Å²) in [6.07, 6.45) is 0. The van der Waals surface area contributed by atoms with Crippen LogP contribution in [0.1, 0.15) is 11.5 Å². The van der Waals surface area contributed by atoms with Crippen LogP contribution in [0.25, 0.3) is 0 Å². The summed E-state index contributed by atoms with van der Waals surface area (Å²) in [5.74, 6) is 0.493. The molecule has 0 aliphatic rings. The van der Waals surface area contributed by atoms with Gasteiger partial charge in [0.25, 0.3) is 0 Å². The van der Waals surface area contributed by atoms with Crippen molar-refractivity contribution in [2.75, 3.05) is 27.2 Å². The van der Waals surface area contributed by atoms with Gasteiger partial charge in [-0.1, -0.05) is 5.16 Å². The number of sulfonamides is 1. The number of likely N-dealkylation sites (N-methyl/N-ethyl adjacent to an activating group) is 2. The van der Waals surface area contributed by atoms with Crippen molar-refractivity contribution in [2.24, 2.45) is 0 Å². The van der Waals surface area contributed by atoms with E-state index in [-0.39, 0.29) is 5.75 Å². The average Bonchev–Trinajstić information content (AvgIpc) is 2.59. The highest BCUT2D eigenvalue weighted by atomic mass is 32.2. The molecule has 1 aromatic rings. The van der Waals surface area contributed by atoms with E-state index in [1.165, 1.54) is 4.31 Å². The molecule has 16 heavy (non-hydrogen) atoms. The number of nitrogens with zero attached hydrogens (tertiary/aromatic N) is 2. The largest absolute Gasteiger partial charge is 0.361 e. The Labute approximate surface area is 95.7 Å². The Kier molecular flexibility index (Phi) is 4.45. The van der Waals surface area contributed by atoms with Crippen LogP contribution in [0.2, 0.25) is 0 Å². The molecule has 0 amide bonds. The second-order valence-electron chi connectivity index (χ2n) is 3.61.